The predicted octanol–water partition coefficient (Wildman–Crippen LogP) is 8.07. The number of hydrogen-bond donors (Lipinski definition) is 1. The summed E-state index contributed by atoms with van der Waals surface area (Å²) in [6, 6.07) is 21.8. The second kappa shape index (κ2) is 12.8. The number of carbonyl (C=O) groups excluding carboxylic acids is 1. The molecule has 5 heteroatoms. The summed E-state index contributed by atoms with van der Waals surface area (Å²) in [5.41, 5.74) is 5.17. The lowest BCUT2D eigenvalue weighted by atomic mass is 9.79. The molecule has 0 amide bonds. The Hall–Kier alpha value is -3.44. The quantitative estimate of drug-likeness (QED) is 0.315. The second-order valence-electron chi connectivity index (χ2n) is 11.3. The summed E-state index contributed by atoms with van der Waals surface area (Å²) in [5, 5.41) is 9.99. The molecular formula is C35H42N2O3. The van der Waals surface area contributed by atoms with Gasteiger partial charge in [0, 0.05) is 36.1 Å². The maximum Gasteiger partial charge on any atom is 0.165 e. The van der Waals surface area contributed by atoms with Crippen LogP contribution < -0.4 is 4.74 Å². The van der Waals surface area contributed by atoms with Gasteiger partial charge in [0.2, 0.25) is 0 Å². The molecule has 2 aliphatic heterocycles. The van der Waals surface area contributed by atoms with Gasteiger partial charge in [-0.15, -0.1) is 0 Å². The molecule has 2 heterocycles. The summed E-state index contributed by atoms with van der Waals surface area (Å²) < 4.78 is 5.80. The van der Waals surface area contributed by atoms with Crippen molar-refractivity contribution in [1.82, 2.24) is 4.90 Å². The minimum absolute atomic E-state index is 0.132. The molecule has 0 aromatic heterocycles. The van der Waals surface area contributed by atoms with Crippen LogP contribution >= 0.6 is 0 Å². The number of methoxy groups -OCH3 is 1. The van der Waals surface area contributed by atoms with E-state index in [2.05, 4.69) is 24.8 Å². The Labute approximate surface area is 238 Å². The van der Waals surface area contributed by atoms with Gasteiger partial charge in [-0.3, -0.25) is 9.79 Å². The van der Waals surface area contributed by atoms with E-state index in [1.165, 1.54) is 32.2 Å². The van der Waals surface area contributed by atoms with Crippen LogP contribution in [0.3, 0.4) is 0 Å². The molecule has 5 rings (SSSR count). The number of Topliss-reactive ketones (excluding diaryl/α,β-unsaturated/α-hetero) is 1. The zero-order valence-corrected chi connectivity index (χ0v) is 24.1. The van der Waals surface area contributed by atoms with E-state index in [4.69, 9.17) is 9.73 Å². The molecule has 2 aliphatic rings. The van der Waals surface area contributed by atoms with Crippen LogP contribution in [0.25, 0.3) is 11.1 Å². The minimum Gasteiger partial charge on any atom is -0.508 e. The van der Waals surface area contributed by atoms with E-state index in [0.717, 1.165) is 47.5 Å². The zero-order chi connectivity index (χ0) is 28.1. The number of nitrogens with zero attached hydrogens (tertiary/aromatic N) is 2. The molecule has 1 saturated heterocycles. The number of fused-ring (bicyclic) bond motifs is 1. The molecule has 5 nitrogen and oxygen atoms in total. The van der Waals surface area contributed by atoms with Crippen LogP contribution in [0.4, 0.5) is 5.69 Å². The van der Waals surface area contributed by atoms with E-state index in [0.29, 0.717) is 29.6 Å². The van der Waals surface area contributed by atoms with Crippen LogP contribution in [-0.4, -0.2) is 47.7 Å². The number of benzene rings is 3. The lowest BCUT2D eigenvalue weighted by Gasteiger charge is -2.39. The lowest BCUT2D eigenvalue weighted by molar-refractivity contribution is 0.0963. The number of hydrogen-bond acceptors (Lipinski definition) is 5. The van der Waals surface area contributed by atoms with E-state index >= 15 is 0 Å². The molecule has 210 valence electrons. The van der Waals surface area contributed by atoms with E-state index in [1.54, 1.807) is 19.2 Å². The van der Waals surface area contributed by atoms with Gasteiger partial charge in [0.05, 0.1) is 18.5 Å². The van der Waals surface area contributed by atoms with E-state index in [9.17, 15) is 9.90 Å². The third kappa shape index (κ3) is 6.15. The Morgan fingerprint density at radius 1 is 0.975 bits per heavy atom. The Balaban J connectivity index is 1.54. The first-order chi connectivity index (χ1) is 19.5. The number of aromatic hydroxyl groups is 1. The highest BCUT2D eigenvalue weighted by Crippen LogP contribution is 2.38. The van der Waals surface area contributed by atoms with Crippen molar-refractivity contribution < 1.29 is 14.6 Å². The second-order valence-corrected chi connectivity index (χ2v) is 11.3. The number of piperidine rings is 1. The number of ether oxygens (including phenoxy) is 1. The molecule has 3 aromatic rings. The SMILES string of the molecule is CCC(CC)N1CCCC(CC2CCC(=O)c3cc(-c4cccc(O)c4)ccc3N=C2c2ccccc2OC)C1. The summed E-state index contributed by atoms with van der Waals surface area (Å²) in [7, 11) is 1.71. The maximum absolute atomic E-state index is 13.6. The van der Waals surface area contributed by atoms with Gasteiger partial charge in [-0.05, 0) is 98.5 Å². The van der Waals surface area contributed by atoms with Crippen molar-refractivity contribution in [2.24, 2.45) is 16.8 Å². The minimum atomic E-state index is 0.132. The number of phenols is 1. The Kier molecular flexibility index (Phi) is 9.01. The zero-order valence-electron chi connectivity index (χ0n) is 24.1. The fourth-order valence-corrected chi connectivity index (χ4v) is 6.71. The summed E-state index contributed by atoms with van der Waals surface area (Å²) in [6.07, 6.45) is 7.12. The van der Waals surface area contributed by atoms with Crippen LogP contribution in [0.1, 0.15) is 74.7 Å². The Morgan fingerprint density at radius 2 is 1.77 bits per heavy atom. The molecule has 1 fully saturated rings. The van der Waals surface area contributed by atoms with Crippen molar-refractivity contribution in [1.29, 1.82) is 0 Å². The molecule has 0 aliphatic carbocycles. The van der Waals surface area contributed by atoms with Gasteiger partial charge in [-0.1, -0.05) is 44.2 Å². The molecule has 1 N–H and O–H groups in total. The van der Waals surface area contributed by atoms with Crippen molar-refractivity contribution in [2.75, 3.05) is 20.2 Å². The van der Waals surface area contributed by atoms with Crippen molar-refractivity contribution in [3.8, 4) is 22.6 Å². The van der Waals surface area contributed by atoms with Gasteiger partial charge in [0.1, 0.15) is 11.5 Å². The van der Waals surface area contributed by atoms with E-state index < -0.39 is 0 Å². The first-order valence-corrected chi connectivity index (χ1v) is 14.9. The van der Waals surface area contributed by atoms with Crippen LogP contribution in [0.15, 0.2) is 71.7 Å². The van der Waals surface area contributed by atoms with Gasteiger partial charge in [0.15, 0.2) is 5.78 Å². The summed E-state index contributed by atoms with van der Waals surface area (Å²) in [4.78, 5) is 21.5. The number of para-hydroxylation sites is 1. The third-order valence-electron chi connectivity index (χ3n) is 8.83. The molecule has 0 radical (unpaired) electrons. The summed E-state index contributed by atoms with van der Waals surface area (Å²) >= 11 is 0. The smallest absolute Gasteiger partial charge is 0.165 e. The van der Waals surface area contributed by atoms with Gasteiger partial charge in [-0.25, -0.2) is 0 Å². The molecule has 2 atom stereocenters. The van der Waals surface area contributed by atoms with Gasteiger partial charge in [-0.2, -0.15) is 0 Å². The molecule has 0 spiro atoms. The largest absolute Gasteiger partial charge is 0.508 e. The average Bonchev–Trinajstić information content (AvgIpc) is 2.98. The number of carbonyl (C=O) groups is 1. The molecule has 40 heavy (non-hydrogen) atoms. The Morgan fingerprint density at radius 3 is 2.55 bits per heavy atom. The normalized spacial score (nSPS) is 20.0. The molecule has 2 unspecified atom stereocenters. The fourth-order valence-electron chi connectivity index (χ4n) is 6.71. The highest BCUT2D eigenvalue weighted by Gasteiger charge is 2.31. The van der Waals surface area contributed by atoms with Crippen LogP contribution in [0.2, 0.25) is 0 Å². The van der Waals surface area contributed by atoms with Crippen molar-refractivity contribution in [3.63, 3.8) is 0 Å². The van der Waals surface area contributed by atoms with E-state index in [1.807, 2.05) is 48.5 Å². The maximum atomic E-state index is 13.6. The summed E-state index contributed by atoms with van der Waals surface area (Å²) in [6.45, 7) is 6.91. The number of rotatable bonds is 8. The van der Waals surface area contributed by atoms with Gasteiger partial charge in [0.25, 0.3) is 0 Å². The van der Waals surface area contributed by atoms with Crippen molar-refractivity contribution in [2.45, 2.75) is 64.8 Å². The highest BCUT2D eigenvalue weighted by atomic mass is 16.5. The van der Waals surface area contributed by atoms with Gasteiger partial charge < -0.3 is 14.7 Å². The number of phenolic OH excluding ortho intramolecular Hbond substituents is 1. The first-order valence-electron chi connectivity index (χ1n) is 14.9. The van der Waals surface area contributed by atoms with Crippen LogP contribution in [0, 0.1) is 11.8 Å². The summed E-state index contributed by atoms with van der Waals surface area (Å²) in [5.74, 6) is 1.91. The van der Waals surface area contributed by atoms with Gasteiger partial charge >= 0.3 is 0 Å². The Bertz CT molecular complexity index is 1360. The number of likely N-dealkylation sites (tertiary alicyclic amines) is 1. The lowest BCUT2D eigenvalue weighted by Crippen LogP contribution is -2.43. The van der Waals surface area contributed by atoms with Crippen LogP contribution in [0.5, 0.6) is 11.5 Å². The number of ketones is 1. The third-order valence-corrected chi connectivity index (χ3v) is 8.83. The first kappa shape index (κ1) is 28.1. The number of aliphatic imine (C=N–C) groups is 1. The predicted molar refractivity (Wildman–Crippen MR) is 163 cm³/mol. The topological polar surface area (TPSA) is 62.1 Å². The standard InChI is InChI=1S/C35H42N2O3/c1-4-28(5-2)37-19-9-10-24(23-37)20-27-16-18-33(39)31-22-26(25-11-8-12-29(38)21-25)15-17-32(31)36-35(27)30-13-6-7-14-34(30)40-3/h6-8,11-15,17,21-22,24,27-28,38H,4-5,9-10,16,18-20,23H2,1-3H3. The molecule has 0 bridgehead atoms. The van der Waals surface area contributed by atoms with Crippen LogP contribution in [-0.2, 0) is 0 Å². The highest BCUT2D eigenvalue weighted by molar-refractivity contribution is 6.10. The molecule has 0 saturated carbocycles. The molecule has 3 aromatic carbocycles. The van der Waals surface area contributed by atoms with Crippen molar-refractivity contribution in [3.05, 3.63) is 77.9 Å². The fraction of sp³-hybridized carbons (Fsp3) is 0.429. The monoisotopic (exact) mass is 538 g/mol. The van der Waals surface area contributed by atoms with E-state index in [-0.39, 0.29) is 17.5 Å². The average molecular weight is 539 g/mol. The molecular weight excluding hydrogens is 496 g/mol. The van der Waals surface area contributed by atoms with Crippen molar-refractivity contribution >= 4 is 17.2 Å².